The van der Waals surface area contributed by atoms with E-state index in [4.69, 9.17) is 0 Å². The molecule has 6 aliphatic rings. The Labute approximate surface area is 262 Å². The normalized spacial score (nSPS) is 44.7. The Balaban J connectivity index is 1.37. The molecule has 3 fully saturated rings. The Hall–Kier alpha value is -2.24. The lowest BCUT2D eigenvalue weighted by Gasteiger charge is -2.71. The Bertz CT molecular complexity index is 1400. The summed E-state index contributed by atoms with van der Waals surface area (Å²) < 4.78 is 13.9. The molecular weight excluding hydrogens is 555 g/mol. The van der Waals surface area contributed by atoms with Gasteiger partial charge in [-0.25, -0.2) is 4.39 Å². The molecule has 6 aliphatic carbocycles. The van der Waals surface area contributed by atoms with Crippen molar-refractivity contribution >= 4 is 17.7 Å². The van der Waals surface area contributed by atoms with E-state index in [0.717, 1.165) is 49.7 Å². The number of allylic oxidation sites excluding steroid dienone is 5. The molecule has 0 aromatic rings. The minimum absolute atomic E-state index is 0.0281. The van der Waals surface area contributed by atoms with Gasteiger partial charge in [0.1, 0.15) is 6.67 Å². The number of fused-ring (bicyclic) bond motifs is 7. The molecular formula is C38H53FO5. The fraction of sp³-hybridized carbons (Fsp3) is 0.763. The molecule has 3 saturated carbocycles. The van der Waals surface area contributed by atoms with Gasteiger partial charge in [-0.1, -0.05) is 60.6 Å². The predicted octanol–water partition coefficient (Wildman–Crippen LogP) is 8.74. The fourth-order valence-electron chi connectivity index (χ4n) is 12.5. The third kappa shape index (κ3) is 3.84. The van der Waals surface area contributed by atoms with E-state index in [9.17, 15) is 29.0 Å². The standard InChI is InChI=1S/C38H53FO5/c1-22(2)29-26(40)20-38(32(43)44)19-18-35(6)25(30(29)38)8-9-28-34(5)14-12-24(33(3,4)27(34)13-15-36(28,35)7)23-10-16-37(21-39,17-11-23)31(41)42/h10,12,22,25,27-28H,8-9,11,13-21H2,1-7H3,(H,41,42)(H,43,44)/t25-,27+,28-,34+,35-,36-,37?,38-/m1/s1. The summed E-state index contributed by atoms with van der Waals surface area (Å²) in [5.74, 6) is -0.688. The molecule has 0 saturated heterocycles. The Morgan fingerprint density at radius 1 is 0.886 bits per heavy atom. The first-order chi connectivity index (χ1) is 20.4. The van der Waals surface area contributed by atoms with E-state index in [0.29, 0.717) is 31.1 Å². The summed E-state index contributed by atoms with van der Waals surface area (Å²) in [5.41, 5.74) is 1.99. The maximum Gasteiger partial charge on any atom is 0.314 e. The molecule has 6 rings (SSSR count). The summed E-state index contributed by atoms with van der Waals surface area (Å²) in [5, 5.41) is 20.3. The number of carboxylic acids is 2. The second-order valence-corrected chi connectivity index (χ2v) is 17.3. The number of hydrogen-bond donors (Lipinski definition) is 2. The topological polar surface area (TPSA) is 91.7 Å². The number of alkyl halides is 1. The second-order valence-electron chi connectivity index (χ2n) is 17.3. The molecule has 0 spiro atoms. The zero-order valence-electron chi connectivity index (χ0n) is 27.9. The van der Waals surface area contributed by atoms with Gasteiger partial charge in [-0.3, -0.25) is 14.4 Å². The average molecular weight is 609 g/mol. The van der Waals surface area contributed by atoms with Crippen LogP contribution in [0.1, 0.15) is 119 Å². The minimum Gasteiger partial charge on any atom is -0.481 e. The highest BCUT2D eigenvalue weighted by Crippen LogP contribution is 2.76. The zero-order chi connectivity index (χ0) is 32.3. The molecule has 1 unspecified atom stereocenters. The maximum absolute atomic E-state index is 13.9. The van der Waals surface area contributed by atoms with E-state index in [1.165, 1.54) is 11.1 Å². The van der Waals surface area contributed by atoms with Crippen LogP contribution in [0, 0.1) is 56.2 Å². The van der Waals surface area contributed by atoms with Gasteiger partial charge in [0.25, 0.3) is 0 Å². The highest BCUT2D eigenvalue weighted by atomic mass is 19.1. The van der Waals surface area contributed by atoms with E-state index in [2.05, 4.69) is 54.5 Å². The Morgan fingerprint density at radius 2 is 1.59 bits per heavy atom. The van der Waals surface area contributed by atoms with Crippen LogP contribution in [0.3, 0.4) is 0 Å². The number of rotatable bonds is 5. The van der Waals surface area contributed by atoms with E-state index in [1.807, 2.05) is 6.08 Å². The van der Waals surface area contributed by atoms with Gasteiger partial charge in [0.15, 0.2) is 5.78 Å². The first kappa shape index (κ1) is 31.7. The molecule has 0 amide bonds. The average Bonchev–Trinajstić information content (AvgIpc) is 3.26. The molecule has 2 N–H and O–H groups in total. The van der Waals surface area contributed by atoms with Gasteiger partial charge in [-0.05, 0) is 132 Å². The first-order valence-electron chi connectivity index (χ1n) is 17.2. The number of halogens is 1. The van der Waals surface area contributed by atoms with Crippen molar-refractivity contribution < 1.29 is 29.0 Å². The van der Waals surface area contributed by atoms with Gasteiger partial charge in [0, 0.05) is 6.42 Å². The second kappa shape index (κ2) is 9.88. The summed E-state index contributed by atoms with van der Waals surface area (Å²) >= 11 is 0. The van der Waals surface area contributed by atoms with Crippen LogP contribution in [0.5, 0.6) is 0 Å². The molecule has 44 heavy (non-hydrogen) atoms. The third-order valence-corrected chi connectivity index (χ3v) is 15.1. The van der Waals surface area contributed by atoms with Crippen molar-refractivity contribution in [3.8, 4) is 0 Å². The van der Waals surface area contributed by atoms with Crippen molar-refractivity contribution in [3.63, 3.8) is 0 Å². The van der Waals surface area contributed by atoms with Crippen molar-refractivity contribution in [1.82, 2.24) is 0 Å². The lowest BCUT2D eigenvalue weighted by Crippen LogP contribution is -2.64. The largest absolute Gasteiger partial charge is 0.481 e. The van der Waals surface area contributed by atoms with Crippen LogP contribution in [-0.4, -0.2) is 34.6 Å². The number of carbonyl (C=O) groups excluding carboxylic acids is 1. The maximum atomic E-state index is 13.9. The number of hydrogen-bond acceptors (Lipinski definition) is 3. The number of Topliss-reactive ketones (excluding diaryl/α,β-unsaturated/α-hetero) is 1. The van der Waals surface area contributed by atoms with Crippen molar-refractivity contribution in [2.45, 2.75) is 119 Å². The van der Waals surface area contributed by atoms with Gasteiger partial charge in [0.05, 0.1) is 10.8 Å². The van der Waals surface area contributed by atoms with Crippen LogP contribution in [-0.2, 0) is 14.4 Å². The first-order valence-corrected chi connectivity index (χ1v) is 17.2. The minimum atomic E-state index is -1.29. The summed E-state index contributed by atoms with van der Waals surface area (Å²) in [7, 11) is 0. The molecule has 8 atom stereocenters. The van der Waals surface area contributed by atoms with E-state index < -0.39 is 29.4 Å². The van der Waals surface area contributed by atoms with Crippen molar-refractivity contribution in [2.75, 3.05) is 6.67 Å². The molecule has 5 nitrogen and oxygen atoms in total. The SMILES string of the molecule is CC(C)C1=C2[C@H]3CC[C@@H]4[C@@]5(C)CC=C(C6=CCC(CF)(C(=O)O)CC6)C(C)(C)[C@@H]5CC[C@@]4(C)[C@]3(C)CC[C@@]2(C(=O)O)CC1=O. The van der Waals surface area contributed by atoms with Gasteiger partial charge in [-0.15, -0.1) is 0 Å². The summed E-state index contributed by atoms with van der Waals surface area (Å²) in [4.78, 5) is 38.2. The van der Waals surface area contributed by atoms with E-state index in [1.54, 1.807) is 0 Å². The van der Waals surface area contributed by atoms with Crippen molar-refractivity contribution in [1.29, 1.82) is 0 Å². The number of carbonyl (C=O) groups is 3. The van der Waals surface area contributed by atoms with Crippen LogP contribution in [0.4, 0.5) is 4.39 Å². The van der Waals surface area contributed by atoms with Gasteiger partial charge < -0.3 is 10.2 Å². The summed E-state index contributed by atoms with van der Waals surface area (Å²) in [6.45, 7) is 15.5. The lowest BCUT2D eigenvalue weighted by molar-refractivity contribution is -0.201. The molecule has 0 bridgehead atoms. The van der Waals surface area contributed by atoms with Gasteiger partial charge in [-0.2, -0.15) is 0 Å². The lowest BCUT2D eigenvalue weighted by atomic mass is 9.33. The molecule has 0 aromatic heterocycles. The Kier molecular flexibility index (Phi) is 7.12. The molecule has 0 aliphatic heterocycles. The smallest absolute Gasteiger partial charge is 0.314 e. The third-order valence-electron chi connectivity index (χ3n) is 15.1. The monoisotopic (exact) mass is 608 g/mol. The molecule has 242 valence electrons. The van der Waals surface area contributed by atoms with Crippen LogP contribution in [0.15, 0.2) is 34.4 Å². The number of aliphatic carboxylic acids is 2. The quantitative estimate of drug-likeness (QED) is 0.326. The van der Waals surface area contributed by atoms with Crippen LogP contribution in [0.2, 0.25) is 0 Å². The highest BCUT2D eigenvalue weighted by Gasteiger charge is 2.70. The van der Waals surface area contributed by atoms with Crippen LogP contribution >= 0.6 is 0 Å². The summed E-state index contributed by atoms with van der Waals surface area (Å²) in [6, 6.07) is 0. The van der Waals surface area contributed by atoms with Crippen molar-refractivity contribution in [2.24, 2.45) is 56.2 Å². The van der Waals surface area contributed by atoms with Gasteiger partial charge >= 0.3 is 11.9 Å². The molecule has 0 radical (unpaired) electrons. The van der Waals surface area contributed by atoms with Crippen LogP contribution in [0.25, 0.3) is 0 Å². The fourth-order valence-corrected chi connectivity index (χ4v) is 12.5. The zero-order valence-corrected chi connectivity index (χ0v) is 27.9. The van der Waals surface area contributed by atoms with Gasteiger partial charge in [0.2, 0.25) is 0 Å². The number of ketones is 1. The van der Waals surface area contributed by atoms with E-state index >= 15 is 0 Å². The van der Waals surface area contributed by atoms with Crippen molar-refractivity contribution in [3.05, 3.63) is 34.4 Å². The summed E-state index contributed by atoms with van der Waals surface area (Å²) in [6.07, 6.45) is 12.3. The van der Waals surface area contributed by atoms with E-state index in [-0.39, 0.29) is 52.1 Å². The molecule has 0 heterocycles. The molecule has 6 heteroatoms. The molecule has 0 aromatic carbocycles. The number of carboxylic acid groups (broad SMARTS) is 2. The highest BCUT2D eigenvalue weighted by molar-refractivity contribution is 6.05. The Morgan fingerprint density at radius 3 is 2.16 bits per heavy atom. The predicted molar refractivity (Wildman–Crippen MR) is 169 cm³/mol. The van der Waals surface area contributed by atoms with Crippen LogP contribution < -0.4 is 0 Å².